The summed E-state index contributed by atoms with van der Waals surface area (Å²) in [6, 6.07) is 9.57. The standard InChI is InChI=1S/C22H13BrN2/c23-19-11-10-18(16-5-1-2-6-17(16)19)20-12-9-15-8-7-14-4-3-13-24-21(14)22(15)25-20/h1-13H/i1D,2D,5D,6D,10D,11D. The van der Waals surface area contributed by atoms with Crippen molar-refractivity contribution in [2.45, 2.75) is 0 Å². The van der Waals surface area contributed by atoms with Gasteiger partial charge in [0, 0.05) is 27.0 Å². The van der Waals surface area contributed by atoms with E-state index < -0.39 is 6.04 Å². The first-order valence-corrected chi connectivity index (χ1v) is 8.44. The Morgan fingerprint density at radius 1 is 0.800 bits per heavy atom. The summed E-state index contributed by atoms with van der Waals surface area (Å²) in [6.07, 6.45) is 1.68. The number of pyridine rings is 2. The molecule has 3 aromatic carbocycles. The van der Waals surface area contributed by atoms with Gasteiger partial charge in [-0.2, -0.15) is 0 Å². The maximum Gasteiger partial charge on any atom is 0.0972 e. The lowest BCUT2D eigenvalue weighted by atomic mass is 10.0. The topological polar surface area (TPSA) is 25.8 Å². The molecule has 0 atom stereocenters. The molecule has 5 aromatic rings. The normalized spacial score (nSPS) is 14.8. The first kappa shape index (κ1) is 9.64. The number of hydrogen-bond donors (Lipinski definition) is 0. The molecular formula is C22H13BrN2. The maximum absolute atomic E-state index is 8.59. The van der Waals surface area contributed by atoms with Gasteiger partial charge in [-0.15, -0.1) is 0 Å². The van der Waals surface area contributed by atoms with Gasteiger partial charge < -0.3 is 0 Å². The van der Waals surface area contributed by atoms with Crippen LogP contribution in [0.3, 0.4) is 0 Å². The number of nitrogens with zero attached hydrogens (tertiary/aromatic N) is 2. The fourth-order valence-electron chi connectivity index (χ4n) is 2.96. The molecule has 2 nitrogen and oxygen atoms in total. The van der Waals surface area contributed by atoms with Gasteiger partial charge >= 0.3 is 0 Å². The van der Waals surface area contributed by atoms with E-state index in [1.807, 2.05) is 30.3 Å². The number of halogens is 1. The molecule has 3 heteroatoms. The van der Waals surface area contributed by atoms with E-state index in [9.17, 15) is 0 Å². The summed E-state index contributed by atoms with van der Waals surface area (Å²) in [5.41, 5.74) is 1.87. The Balaban J connectivity index is 1.98. The third-order valence-corrected chi connectivity index (χ3v) is 4.74. The minimum absolute atomic E-state index is 0.162. The van der Waals surface area contributed by atoms with Gasteiger partial charge in [0.2, 0.25) is 0 Å². The van der Waals surface area contributed by atoms with Gasteiger partial charge in [-0.3, -0.25) is 4.98 Å². The quantitative estimate of drug-likeness (QED) is 0.311. The van der Waals surface area contributed by atoms with E-state index in [1.165, 1.54) is 0 Å². The summed E-state index contributed by atoms with van der Waals surface area (Å²) in [6.45, 7) is 0. The third kappa shape index (κ3) is 2.31. The van der Waals surface area contributed by atoms with Gasteiger partial charge in [0.15, 0.2) is 0 Å². The minimum Gasteiger partial charge on any atom is -0.254 e. The largest absolute Gasteiger partial charge is 0.254 e. The molecule has 0 fully saturated rings. The number of aromatic nitrogens is 2. The molecule has 0 aliphatic heterocycles. The molecule has 2 heterocycles. The molecular weight excluding hydrogens is 372 g/mol. The summed E-state index contributed by atoms with van der Waals surface area (Å²) in [7, 11) is 0. The zero-order valence-electron chi connectivity index (χ0n) is 18.8. The third-order valence-electron chi connectivity index (χ3n) is 4.14. The van der Waals surface area contributed by atoms with E-state index in [1.54, 1.807) is 12.3 Å². The predicted molar refractivity (Wildman–Crippen MR) is 108 cm³/mol. The van der Waals surface area contributed by atoms with Gasteiger partial charge in [-0.1, -0.05) is 70.4 Å². The maximum atomic E-state index is 8.59. The van der Waals surface area contributed by atoms with E-state index >= 15 is 0 Å². The molecule has 0 unspecified atom stereocenters. The molecule has 5 rings (SSSR count). The van der Waals surface area contributed by atoms with Crippen LogP contribution in [-0.4, -0.2) is 9.97 Å². The molecule has 0 aliphatic carbocycles. The smallest absolute Gasteiger partial charge is 0.0972 e. The highest BCUT2D eigenvalue weighted by Gasteiger charge is 2.10. The molecule has 0 N–H and O–H groups in total. The number of hydrogen-bond acceptors (Lipinski definition) is 2. The van der Waals surface area contributed by atoms with E-state index in [0.717, 1.165) is 10.8 Å². The van der Waals surface area contributed by atoms with E-state index in [2.05, 4.69) is 20.9 Å². The SMILES string of the molecule is [2H]c1c([2H])c([2H])c2c(-c3ccc4ccc5cccnc5c4n3)c([2H])c([2H])c(Br)c2c1[2H]. The highest BCUT2D eigenvalue weighted by atomic mass is 79.9. The van der Waals surface area contributed by atoms with Crippen molar-refractivity contribution < 1.29 is 8.22 Å². The van der Waals surface area contributed by atoms with Crippen molar-refractivity contribution in [2.24, 2.45) is 0 Å². The van der Waals surface area contributed by atoms with Crippen LogP contribution in [-0.2, 0) is 0 Å². The molecule has 2 aromatic heterocycles. The van der Waals surface area contributed by atoms with Crippen LogP contribution >= 0.6 is 15.9 Å². The molecule has 0 bridgehead atoms. The van der Waals surface area contributed by atoms with Crippen LogP contribution in [0, 0.1) is 0 Å². The van der Waals surface area contributed by atoms with Crippen molar-refractivity contribution in [3.05, 3.63) is 83.3 Å². The Morgan fingerprint density at radius 2 is 1.56 bits per heavy atom. The van der Waals surface area contributed by atoms with Crippen LogP contribution in [0.25, 0.3) is 43.8 Å². The van der Waals surface area contributed by atoms with Crippen molar-refractivity contribution in [3.63, 3.8) is 0 Å². The molecule has 25 heavy (non-hydrogen) atoms. The Kier molecular flexibility index (Phi) is 2.17. The monoisotopic (exact) mass is 390 g/mol. The van der Waals surface area contributed by atoms with Gasteiger partial charge in [-0.25, -0.2) is 4.98 Å². The molecule has 0 spiro atoms. The number of fused-ring (bicyclic) bond motifs is 4. The van der Waals surface area contributed by atoms with Crippen LogP contribution in [0.15, 0.2) is 83.3 Å². The second-order valence-electron chi connectivity index (χ2n) is 5.60. The lowest BCUT2D eigenvalue weighted by molar-refractivity contribution is 1.37. The van der Waals surface area contributed by atoms with Crippen LogP contribution in [0.4, 0.5) is 0 Å². The Bertz CT molecular complexity index is 1560. The Morgan fingerprint density at radius 3 is 2.44 bits per heavy atom. The molecule has 0 saturated heterocycles. The first-order valence-electron chi connectivity index (χ1n) is 10.6. The molecule has 0 saturated carbocycles. The second kappa shape index (κ2) is 5.64. The summed E-state index contributed by atoms with van der Waals surface area (Å²) >= 11 is 3.27. The van der Waals surface area contributed by atoms with Crippen LogP contribution in [0.1, 0.15) is 8.22 Å². The fourth-order valence-corrected chi connectivity index (χ4v) is 3.36. The van der Waals surface area contributed by atoms with E-state index in [4.69, 9.17) is 13.2 Å². The molecule has 0 aliphatic rings. The van der Waals surface area contributed by atoms with Crippen molar-refractivity contribution in [1.29, 1.82) is 0 Å². The Hall–Kier alpha value is -2.78. The number of benzene rings is 3. The Labute approximate surface area is 161 Å². The van der Waals surface area contributed by atoms with Crippen molar-refractivity contribution in [1.82, 2.24) is 9.97 Å². The molecule has 0 radical (unpaired) electrons. The van der Waals surface area contributed by atoms with Crippen LogP contribution in [0.5, 0.6) is 0 Å². The summed E-state index contributed by atoms with van der Waals surface area (Å²) < 4.78 is 50.1. The highest BCUT2D eigenvalue weighted by molar-refractivity contribution is 9.10. The van der Waals surface area contributed by atoms with Crippen molar-refractivity contribution in [2.75, 3.05) is 0 Å². The fraction of sp³-hybridized carbons (Fsp3) is 0. The van der Waals surface area contributed by atoms with Crippen molar-refractivity contribution >= 4 is 48.5 Å². The summed E-state index contributed by atoms with van der Waals surface area (Å²) in [4.78, 5) is 9.19. The van der Waals surface area contributed by atoms with Crippen LogP contribution < -0.4 is 0 Å². The zero-order chi connectivity index (χ0) is 22.0. The van der Waals surface area contributed by atoms with Gasteiger partial charge in [0.05, 0.1) is 25.0 Å². The minimum atomic E-state index is -0.393. The zero-order valence-corrected chi connectivity index (χ0v) is 14.4. The van der Waals surface area contributed by atoms with Gasteiger partial charge in [-0.05, 0) is 28.9 Å². The first-order chi connectivity index (χ1) is 14.8. The summed E-state index contributed by atoms with van der Waals surface area (Å²) in [5, 5.41) is 2.10. The second-order valence-corrected chi connectivity index (χ2v) is 6.39. The van der Waals surface area contributed by atoms with Gasteiger partial charge in [0.1, 0.15) is 0 Å². The van der Waals surface area contributed by atoms with Crippen molar-refractivity contribution in [3.8, 4) is 11.3 Å². The average Bonchev–Trinajstić information content (AvgIpc) is 2.79. The molecule has 0 amide bonds. The van der Waals surface area contributed by atoms with E-state index in [0.29, 0.717) is 16.7 Å². The lowest BCUT2D eigenvalue weighted by Crippen LogP contribution is -1.90. The highest BCUT2D eigenvalue weighted by Crippen LogP contribution is 2.33. The van der Waals surface area contributed by atoms with Gasteiger partial charge in [0.25, 0.3) is 0 Å². The van der Waals surface area contributed by atoms with E-state index in [-0.39, 0.29) is 51.0 Å². The van der Waals surface area contributed by atoms with Crippen LogP contribution in [0.2, 0.25) is 0 Å². The number of rotatable bonds is 1. The predicted octanol–water partition coefficient (Wildman–Crippen LogP) is 6.37. The summed E-state index contributed by atoms with van der Waals surface area (Å²) in [5.74, 6) is 0. The lowest BCUT2D eigenvalue weighted by Gasteiger charge is -2.09. The average molecular weight is 391 g/mol. The molecule has 118 valence electrons.